The first kappa shape index (κ1) is 17.6. The number of carbonyl (C=O) groups is 1. The maximum Gasteiger partial charge on any atom is 0.257 e. The number of hydrogen-bond donors (Lipinski definition) is 1. The zero-order valence-corrected chi connectivity index (χ0v) is 14.5. The molecule has 2 aromatic rings. The van der Waals surface area contributed by atoms with E-state index in [9.17, 15) is 4.79 Å². The smallest absolute Gasteiger partial charge is 0.257 e. The molecule has 1 unspecified atom stereocenters. The van der Waals surface area contributed by atoms with Crippen molar-refractivity contribution in [2.75, 3.05) is 26.4 Å². The van der Waals surface area contributed by atoms with Crippen molar-refractivity contribution in [3.05, 3.63) is 41.7 Å². The molecule has 25 heavy (non-hydrogen) atoms. The van der Waals surface area contributed by atoms with Crippen LogP contribution in [0.4, 0.5) is 0 Å². The molecule has 2 heterocycles. The number of amides is 1. The monoisotopic (exact) mass is 344 g/mol. The standard InChI is InChI=1S/C19H24N2O4/c1-14-17(18(21-25-14)15-7-3-2-4-8-15)19(22)20-10-6-11-23-13-16-9-5-12-24-16/h2-4,7-8,16H,5-6,9-13H2,1H3,(H,20,22). The molecule has 0 bridgehead atoms. The highest BCUT2D eigenvalue weighted by atomic mass is 16.5. The van der Waals surface area contributed by atoms with E-state index < -0.39 is 0 Å². The van der Waals surface area contributed by atoms with Gasteiger partial charge < -0.3 is 19.3 Å². The number of nitrogens with one attached hydrogen (secondary N) is 1. The molecule has 1 saturated heterocycles. The van der Waals surface area contributed by atoms with Crippen molar-refractivity contribution in [2.45, 2.75) is 32.3 Å². The van der Waals surface area contributed by atoms with Crippen LogP contribution in [0.1, 0.15) is 35.4 Å². The van der Waals surface area contributed by atoms with Crippen LogP contribution in [0.15, 0.2) is 34.9 Å². The van der Waals surface area contributed by atoms with Crippen LogP contribution in [0.3, 0.4) is 0 Å². The minimum atomic E-state index is -0.170. The summed E-state index contributed by atoms with van der Waals surface area (Å²) in [4.78, 5) is 12.5. The molecule has 1 N–H and O–H groups in total. The molecule has 1 aliphatic heterocycles. The van der Waals surface area contributed by atoms with E-state index in [1.807, 2.05) is 30.3 Å². The summed E-state index contributed by atoms with van der Waals surface area (Å²) in [5.74, 6) is 0.350. The average molecular weight is 344 g/mol. The maximum atomic E-state index is 12.5. The van der Waals surface area contributed by atoms with Gasteiger partial charge in [0.2, 0.25) is 0 Å². The fourth-order valence-corrected chi connectivity index (χ4v) is 2.89. The minimum absolute atomic E-state index is 0.170. The lowest BCUT2D eigenvalue weighted by Crippen LogP contribution is -2.26. The van der Waals surface area contributed by atoms with Crippen LogP contribution < -0.4 is 5.32 Å². The van der Waals surface area contributed by atoms with Crippen LogP contribution in [0.2, 0.25) is 0 Å². The third-order valence-corrected chi connectivity index (χ3v) is 4.22. The van der Waals surface area contributed by atoms with E-state index in [-0.39, 0.29) is 12.0 Å². The van der Waals surface area contributed by atoms with Gasteiger partial charge in [-0.25, -0.2) is 0 Å². The lowest BCUT2D eigenvalue weighted by molar-refractivity contribution is 0.0166. The molecule has 0 spiro atoms. The number of aromatic nitrogens is 1. The molecule has 1 aliphatic rings. The Balaban J connectivity index is 1.46. The molecule has 1 atom stereocenters. The van der Waals surface area contributed by atoms with Gasteiger partial charge >= 0.3 is 0 Å². The van der Waals surface area contributed by atoms with E-state index in [2.05, 4.69) is 10.5 Å². The Morgan fingerprint density at radius 3 is 2.96 bits per heavy atom. The van der Waals surface area contributed by atoms with Gasteiger partial charge in [-0.3, -0.25) is 4.79 Å². The van der Waals surface area contributed by atoms with Crippen molar-refractivity contribution in [3.8, 4) is 11.3 Å². The second kappa shape index (κ2) is 8.78. The summed E-state index contributed by atoms with van der Waals surface area (Å²) in [6.07, 6.45) is 3.18. The summed E-state index contributed by atoms with van der Waals surface area (Å²) in [5.41, 5.74) is 1.93. The topological polar surface area (TPSA) is 73.6 Å². The summed E-state index contributed by atoms with van der Waals surface area (Å²) in [6, 6.07) is 9.56. The zero-order chi connectivity index (χ0) is 17.5. The van der Waals surface area contributed by atoms with Gasteiger partial charge in [0.05, 0.1) is 12.7 Å². The molecule has 134 valence electrons. The van der Waals surface area contributed by atoms with E-state index >= 15 is 0 Å². The quantitative estimate of drug-likeness (QED) is 0.745. The van der Waals surface area contributed by atoms with Gasteiger partial charge in [0.15, 0.2) is 0 Å². The van der Waals surface area contributed by atoms with Gasteiger partial charge in [-0.15, -0.1) is 0 Å². The van der Waals surface area contributed by atoms with Crippen LogP contribution in [0, 0.1) is 6.92 Å². The number of ether oxygens (including phenoxy) is 2. The van der Waals surface area contributed by atoms with Gasteiger partial charge in [0, 0.05) is 25.3 Å². The highest BCUT2D eigenvalue weighted by Gasteiger charge is 2.21. The summed E-state index contributed by atoms with van der Waals surface area (Å²) >= 11 is 0. The fourth-order valence-electron chi connectivity index (χ4n) is 2.89. The van der Waals surface area contributed by atoms with E-state index in [1.165, 1.54) is 0 Å². The molecule has 6 nitrogen and oxygen atoms in total. The number of rotatable bonds is 8. The Hall–Kier alpha value is -2.18. The lowest BCUT2D eigenvalue weighted by Gasteiger charge is -2.10. The number of aryl methyl sites for hydroxylation is 1. The summed E-state index contributed by atoms with van der Waals surface area (Å²) in [7, 11) is 0. The number of benzene rings is 1. The van der Waals surface area contributed by atoms with Gasteiger partial charge in [-0.2, -0.15) is 0 Å². The van der Waals surface area contributed by atoms with E-state index in [0.717, 1.165) is 31.4 Å². The van der Waals surface area contributed by atoms with E-state index in [0.29, 0.717) is 36.8 Å². The van der Waals surface area contributed by atoms with Crippen molar-refractivity contribution < 1.29 is 18.8 Å². The number of hydrogen-bond acceptors (Lipinski definition) is 5. The third-order valence-electron chi connectivity index (χ3n) is 4.22. The molecular weight excluding hydrogens is 320 g/mol. The molecule has 0 radical (unpaired) electrons. The van der Waals surface area contributed by atoms with Crippen molar-refractivity contribution in [1.29, 1.82) is 0 Å². The SMILES string of the molecule is Cc1onc(-c2ccccc2)c1C(=O)NCCCOCC1CCCO1. The summed E-state index contributed by atoms with van der Waals surface area (Å²) < 4.78 is 16.3. The first-order valence-corrected chi connectivity index (χ1v) is 8.75. The second-order valence-corrected chi connectivity index (χ2v) is 6.15. The Bertz CT molecular complexity index is 678. The Labute approximate surface area is 147 Å². The Morgan fingerprint density at radius 1 is 1.36 bits per heavy atom. The maximum absolute atomic E-state index is 12.5. The second-order valence-electron chi connectivity index (χ2n) is 6.15. The van der Waals surface area contributed by atoms with E-state index in [1.54, 1.807) is 6.92 Å². The molecule has 6 heteroatoms. The van der Waals surface area contributed by atoms with Crippen LogP contribution in [-0.4, -0.2) is 43.5 Å². The lowest BCUT2D eigenvalue weighted by atomic mass is 10.1. The van der Waals surface area contributed by atoms with Crippen molar-refractivity contribution in [3.63, 3.8) is 0 Å². The molecular formula is C19H24N2O4. The highest BCUT2D eigenvalue weighted by molar-refractivity contribution is 6.00. The molecule has 1 aromatic heterocycles. The van der Waals surface area contributed by atoms with Crippen LogP contribution in [0.25, 0.3) is 11.3 Å². The first-order valence-electron chi connectivity index (χ1n) is 8.75. The molecule has 1 aromatic carbocycles. The van der Waals surface area contributed by atoms with Gasteiger partial charge in [0.1, 0.15) is 17.0 Å². The largest absolute Gasteiger partial charge is 0.379 e. The molecule has 0 aliphatic carbocycles. The predicted octanol–water partition coefficient (Wildman–Crippen LogP) is 2.97. The average Bonchev–Trinajstić information content (AvgIpc) is 3.28. The molecule has 1 fully saturated rings. The fraction of sp³-hybridized carbons (Fsp3) is 0.474. The van der Waals surface area contributed by atoms with Crippen molar-refractivity contribution >= 4 is 5.91 Å². The van der Waals surface area contributed by atoms with E-state index in [4.69, 9.17) is 14.0 Å². The Kier molecular flexibility index (Phi) is 6.19. The van der Waals surface area contributed by atoms with Gasteiger partial charge in [0.25, 0.3) is 5.91 Å². The minimum Gasteiger partial charge on any atom is -0.379 e. The number of carbonyl (C=O) groups excluding carboxylic acids is 1. The van der Waals surface area contributed by atoms with Crippen LogP contribution in [-0.2, 0) is 9.47 Å². The summed E-state index contributed by atoms with van der Waals surface area (Å²) in [6.45, 7) is 4.37. The predicted molar refractivity (Wildman–Crippen MR) is 93.4 cm³/mol. The molecule has 0 saturated carbocycles. The molecule has 3 rings (SSSR count). The zero-order valence-electron chi connectivity index (χ0n) is 14.5. The van der Waals surface area contributed by atoms with Gasteiger partial charge in [-0.1, -0.05) is 35.5 Å². The van der Waals surface area contributed by atoms with Crippen LogP contribution >= 0.6 is 0 Å². The highest BCUT2D eigenvalue weighted by Crippen LogP contribution is 2.24. The number of nitrogens with zero attached hydrogens (tertiary/aromatic N) is 1. The summed E-state index contributed by atoms with van der Waals surface area (Å²) in [5, 5.41) is 6.95. The van der Waals surface area contributed by atoms with Crippen molar-refractivity contribution in [2.24, 2.45) is 0 Å². The van der Waals surface area contributed by atoms with Crippen molar-refractivity contribution in [1.82, 2.24) is 10.5 Å². The first-order chi connectivity index (χ1) is 12.3. The third kappa shape index (κ3) is 4.67. The molecule has 1 amide bonds. The van der Waals surface area contributed by atoms with Crippen LogP contribution in [0.5, 0.6) is 0 Å². The normalized spacial score (nSPS) is 16.9. The van der Waals surface area contributed by atoms with Gasteiger partial charge in [-0.05, 0) is 26.2 Å². The Morgan fingerprint density at radius 2 is 2.20 bits per heavy atom.